The van der Waals surface area contributed by atoms with Crippen molar-refractivity contribution in [1.82, 2.24) is 9.55 Å². The standard InChI is InChI=1S/C27H26ClN3O4/c1-4-35-25(32)14-29-22-9-8-20(23(28)13-22)15-31-17(3)30-26-16(2)10-21(12-24(26)31)18-6-5-7-19(11-18)27(33)34/h5-13,29H,4,14-15H2,1-3H3,(H,33,34). The molecule has 8 heteroatoms. The van der Waals surface area contributed by atoms with Gasteiger partial charge in [-0.2, -0.15) is 0 Å². The van der Waals surface area contributed by atoms with Crippen LogP contribution in [0.4, 0.5) is 5.69 Å². The minimum atomic E-state index is -0.958. The average Bonchev–Trinajstić information content (AvgIpc) is 3.15. The van der Waals surface area contributed by atoms with Gasteiger partial charge in [0.15, 0.2) is 0 Å². The molecule has 0 aliphatic carbocycles. The molecule has 180 valence electrons. The van der Waals surface area contributed by atoms with E-state index in [0.29, 0.717) is 18.2 Å². The molecule has 0 aliphatic rings. The number of anilines is 1. The van der Waals surface area contributed by atoms with Crippen LogP contribution in [0.2, 0.25) is 5.02 Å². The first-order chi connectivity index (χ1) is 16.8. The van der Waals surface area contributed by atoms with Gasteiger partial charge in [0.25, 0.3) is 0 Å². The Morgan fingerprint density at radius 1 is 1.09 bits per heavy atom. The number of carboxylic acids is 1. The highest BCUT2D eigenvalue weighted by Gasteiger charge is 2.15. The van der Waals surface area contributed by atoms with Crippen LogP contribution in [0.15, 0.2) is 54.6 Å². The van der Waals surface area contributed by atoms with Crippen LogP contribution in [0, 0.1) is 13.8 Å². The summed E-state index contributed by atoms with van der Waals surface area (Å²) in [6.45, 7) is 6.64. The molecule has 0 aliphatic heterocycles. The van der Waals surface area contributed by atoms with E-state index in [9.17, 15) is 14.7 Å². The Bertz CT molecular complexity index is 1430. The number of halogens is 1. The first-order valence-electron chi connectivity index (χ1n) is 11.3. The largest absolute Gasteiger partial charge is 0.478 e. The van der Waals surface area contributed by atoms with Crippen molar-refractivity contribution in [2.75, 3.05) is 18.5 Å². The summed E-state index contributed by atoms with van der Waals surface area (Å²) in [4.78, 5) is 27.8. The van der Waals surface area contributed by atoms with E-state index in [1.165, 1.54) is 0 Å². The van der Waals surface area contributed by atoms with Crippen molar-refractivity contribution >= 4 is 40.3 Å². The lowest BCUT2D eigenvalue weighted by atomic mass is 10.0. The molecular weight excluding hydrogens is 466 g/mol. The number of hydrogen-bond donors (Lipinski definition) is 2. The van der Waals surface area contributed by atoms with E-state index < -0.39 is 5.97 Å². The van der Waals surface area contributed by atoms with Gasteiger partial charge in [-0.1, -0.05) is 29.8 Å². The molecule has 0 saturated carbocycles. The van der Waals surface area contributed by atoms with Gasteiger partial charge < -0.3 is 19.7 Å². The fourth-order valence-electron chi connectivity index (χ4n) is 4.05. The van der Waals surface area contributed by atoms with Crippen LogP contribution >= 0.6 is 11.6 Å². The number of rotatable bonds is 8. The molecule has 1 heterocycles. The number of aromatic nitrogens is 2. The zero-order valence-electron chi connectivity index (χ0n) is 19.8. The maximum atomic E-state index is 11.6. The summed E-state index contributed by atoms with van der Waals surface area (Å²) in [5, 5.41) is 13.0. The number of benzene rings is 3. The van der Waals surface area contributed by atoms with Gasteiger partial charge >= 0.3 is 11.9 Å². The molecule has 4 rings (SSSR count). The number of carbonyl (C=O) groups is 2. The van der Waals surface area contributed by atoms with Gasteiger partial charge in [0.1, 0.15) is 12.4 Å². The summed E-state index contributed by atoms with van der Waals surface area (Å²) < 4.78 is 7.03. The Balaban J connectivity index is 1.66. The van der Waals surface area contributed by atoms with Gasteiger partial charge in [-0.25, -0.2) is 9.78 Å². The lowest BCUT2D eigenvalue weighted by Gasteiger charge is -2.12. The summed E-state index contributed by atoms with van der Waals surface area (Å²) in [5.41, 5.74) is 6.47. The van der Waals surface area contributed by atoms with Crippen molar-refractivity contribution in [3.63, 3.8) is 0 Å². The van der Waals surface area contributed by atoms with E-state index in [4.69, 9.17) is 21.3 Å². The van der Waals surface area contributed by atoms with Crippen molar-refractivity contribution in [1.29, 1.82) is 0 Å². The van der Waals surface area contributed by atoms with E-state index in [1.807, 2.05) is 44.2 Å². The molecule has 0 saturated heterocycles. The Labute approximate surface area is 208 Å². The molecule has 0 amide bonds. The predicted molar refractivity (Wildman–Crippen MR) is 137 cm³/mol. The molecule has 4 aromatic rings. The van der Waals surface area contributed by atoms with Crippen molar-refractivity contribution < 1.29 is 19.4 Å². The third kappa shape index (κ3) is 5.30. The number of aryl methyl sites for hydroxylation is 2. The molecule has 0 bridgehead atoms. The fourth-order valence-corrected chi connectivity index (χ4v) is 4.29. The number of hydrogen-bond acceptors (Lipinski definition) is 5. The number of imidazole rings is 1. The number of carboxylic acid groups (broad SMARTS) is 1. The van der Waals surface area contributed by atoms with Crippen LogP contribution in [0.1, 0.15) is 34.2 Å². The Hall–Kier alpha value is -3.84. The molecule has 0 fully saturated rings. The molecule has 0 spiro atoms. The van der Waals surface area contributed by atoms with Crippen molar-refractivity contribution in [2.45, 2.75) is 27.3 Å². The SMILES string of the molecule is CCOC(=O)CNc1ccc(Cn2c(C)nc3c(C)cc(-c4cccc(C(=O)O)c4)cc32)c(Cl)c1. The monoisotopic (exact) mass is 491 g/mol. The lowest BCUT2D eigenvalue weighted by Crippen LogP contribution is -2.16. The van der Waals surface area contributed by atoms with E-state index >= 15 is 0 Å². The second kappa shape index (κ2) is 10.2. The van der Waals surface area contributed by atoms with Crippen LogP contribution in [0.25, 0.3) is 22.2 Å². The number of carbonyl (C=O) groups excluding carboxylic acids is 1. The topological polar surface area (TPSA) is 93.5 Å². The predicted octanol–water partition coefficient (Wildman–Crippen LogP) is 5.70. The number of esters is 1. The number of nitrogens with one attached hydrogen (secondary N) is 1. The van der Waals surface area contributed by atoms with E-state index in [-0.39, 0.29) is 18.1 Å². The fraction of sp³-hybridized carbons (Fsp3) is 0.222. The molecule has 1 aromatic heterocycles. The van der Waals surface area contributed by atoms with Crippen LogP contribution in [0.3, 0.4) is 0 Å². The Morgan fingerprint density at radius 3 is 2.60 bits per heavy atom. The van der Waals surface area contributed by atoms with E-state index in [2.05, 4.69) is 9.88 Å². The van der Waals surface area contributed by atoms with Crippen molar-refractivity contribution in [3.8, 4) is 11.1 Å². The quantitative estimate of drug-likeness (QED) is 0.307. The molecular formula is C27H26ClN3O4. The minimum absolute atomic E-state index is 0.0694. The molecule has 3 aromatic carbocycles. The van der Waals surface area contributed by atoms with Crippen LogP contribution < -0.4 is 5.32 Å². The molecule has 0 atom stereocenters. The summed E-state index contributed by atoms with van der Waals surface area (Å²) in [7, 11) is 0. The zero-order chi connectivity index (χ0) is 25.1. The average molecular weight is 492 g/mol. The van der Waals surface area contributed by atoms with Crippen LogP contribution in [-0.4, -0.2) is 39.7 Å². The summed E-state index contributed by atoms with van der Waals surface area (Å²) >= 11 is 6.59. The number of fused-ring (bicyclic) bond motifs is 1. The molecule has 7 nitrogen and oxygen atoms in total. The van der Waals surface area contributed by atoms with Crippen LogP contribution in [0.5, 0.6) is 0 Å². The van der Waals surface area contributed by atoms with Gasteiger partial charge in [0, 0.05) is 10.7 Å². The second-order valence-electron chi connectivity index (χ2n) is 8.26. The van der Waals surface area contributed by atoms with Crippen LogP contribution in [-0.2, 0) is 16.1 Å². The summed E-state index contributed by atoms with van der Waals surface area (Å²) in [6, 6.07) is 16.6. The third-order valence-corrected chi connectivity index (χ3v) is 6.15. The minimum Gasteiger partial charge on any atom is -0.478 e. The Kier molecular flexibility index (Phi) is 7.07. The first kappa shape index (κ1) is 24.3. The smallest absolute Gasteiger partial charge is 0.335 e. The van der Waals surface area contributed by atoms with Gasteiger partial charge in [0.2, 0.25) is 0 Å². The lowest BCUT2D eigenvalue weighted by molar-refractivity contribution is -0.140. The third-order valence-electron chi connectivity index (χ3n) is 5.80. The summed E-state index contributed by atoms with van der Waals surface area (Å²) in [5.74, 6) is -0.436. The van der Waals surface area contributed by atoms with Gasteiger partial charge in [-0.3, -0.25) is 4.79 Å². The highest BCUT2D eigenvalue weighted by Crippen LogP contribution is 2.30. The molecule has 35 heavy (non-hydrogen) atoms. The normalized spacial score (nSPS) is 11.0. The van der Waals surface area contributed by atoms with Crippen molar-refractivity contribution in [3.05, 3.63) is 82.1 Å². The maximum Gasteiger partial charge on any atom is 0.335 e. The zero-order valence-corrected chi connectivity index (χ0v) is 20.5. The van der Waals surface area contributed by atoms with Gasteiger partial charge in [0.05, 0.1) is 29.7 Å². The highest BCUT2D eigenvalue weighted by atomic mass is 35.5. The number of aromatic carboxylic acids is 1. The maximum absolute atomic E-state index is 11.6. The summed E-state index contributed by atoms with van der Waals surface area (Å²) in [6.07, 6.45) is 0. The number of nitrogens with zero attached hydrogens (tertiary/aromatic N) is 2. The van der Waals surface area contributed by atoms with Gasteiger partial charge in [-0.05, 0) is 79.4 Å². The van der Waals surface area contributed by atoms with E-state index in [1.54, 1.807) is 31.2 Å². The molecule has 0 radical (unpaired) electrons. The molecule has 2 N–H and O–H groups in total. The second-order valence-corrected chi connectivity index (χ2v) is 8.66. The van der Waals surface area contributed by atoms with Crippen molar-refractivity contribution in [2.24, 2.45) is 0 Å². The van der Waals surface area contributed by atoms with Gasteiger partial charge in [-0.15, -0.1) is 0 Å². The first-order valence-corrected chi connectivity index (χ1v) is 11.6. The van der Waals surface area contributed by atoms with E-state index in [0.717, 1.165) is 44.8 Å². The Morgan fingerprint density at radius 2 is 1.89 bits per heavy atom. The molecule has 0 unspecified atom stereocenters. The highest BCUT2D eigenvalue weighted by molar-refractivity contribution is 6.31. The number of ether oxygens (including phenoxy) is 1.